The Morgan fingerprint density at radius 2 is 1.60 bits per heavy atom. The molecule has 0 atom stereocenters. The van der Waals surface area contributed by atoms with Crippen molar-refractivity contribution in [1.29, 1.82) is 0 Å². The number of ketones is 1. The zero-order valence-electron chi connectivity index (χ0n) is 10.4. The Bertz CT molecular complexity index is 609. The summed E-state index contributed by atoms with van der Waals surface area (Å²) in [5, 5.41) is 1.49. The highest BCUT2D eigenvalue weighted by atomic mass is 35.5. The number of hydrogen-bond acceptors (Lipinski definition) is 2. The zero-order valence-corrected chi connectivity index (χ0v) is 12.7. The molecule has 2 aromatic carbocycles. The molecule has 0 saturated heterocycles. The molecule has 0 fully saturated rings. The van der Waals surface area contributed by atoms with Crippen molar-refractivity contribution in [3.05, 3.63) is 68.7 Å². The van der Waals surface area contributed by atoms with Crippen LogP contribution in [0.4, 0.5) is 0 Å². The summed E-state index contributed by atoms with van der Waals surface area (Å²) >= 11 is 17.5. The molecule has 0 aromatic heterocycles. The molecule has 0 unspecified atom stereocenters. The summed E-state index contributed by atoms with van der Waals surface area (Å²) in [5.41, 5.74) is 1.36. The molecular formula is C15H11Cl3O2. The fourth-order valence-corrected chi connectivity index (χ4v) is 2.28. The molecule has 104 valence electrons. The minimum Gasteiger partial charge on any atom is -0.369 e. The van der Waals surface area contributed by atoms with Gasteiger partial charge < -0.3 is 4.74 Å². The fourth-order valence-electron chi connectivity index (χ4n) is 1.64. The lowest BCUT2D eigenvalue weighted by molar-refractivity contribution is 0.0727. The first kappa shape index (κ1) is 15.3. The minimum atomic E-state index is -0.180. The van der Waals surface area contributed by atoms with Gasteiger partial charge in [0.2, 0.25) is 0 Å². The van der Waals surface area contributed by atoms with Gasteiger partial charge in [-0.2, -0.15) is 0 Å². The molecule has 0 radical (unpaired) electrons. The average molecular weight is 330 g/mol. The molecule has 2 aromatic rings. The first-order chi connectivity index (χ1) is 9.56. The standard InChI is InChI=1S/C15H11Cl3O2/c16-11-3-1-10(2-4-11)8-20-9-15(19)13-6-5-12(17)7-14(13)18/h1-7H,8-9H2. The number of carbonyl (C=O) groups excluding carboxylic acids is 1. The quantitative estimate of drug-likeness (QED) is 0.718. The van der Waals surface area contributed by atoms with E-state index in [0.29, 0.717) is 27.2 Å². The van der Waals surface area contributed by atoms with Gasteiger partial charge in [-0.05, 0) is 35.9 Å². The Morgan fingerprint density at radius 3 is 2.25 bits per heavy atom. The van der Waals surface area contributed by atoms with Gasteiger partial charge in [0.05, 0.1) is 11.6 Å². The Labute approximate surface area is 132 Å². The van der Waals surface area contributed by atoms with Crippen molar-refractivity contribution in [2.75, 3.05) is 6.61 Å². The van der Waals surface area contributed by atoms with Gasteiger partial charge in [0.15, 0.2) is 5.78 Å². The van der Waals surface area contributed by atoms with Crippen LogP contribution in [0.1, 0.15) is 15.9 Å². The van der Waals surface area contributed by atoms with E-state index < -0.39 is 0 Å². The zero-order chi connectivity index (χ0) is 14.5. The second-order valence-electron chi connectivity index (χ2n) is 4.17. The molecule has 5 heteroatoms. The van der Waals surface area contributed by atoms with Crippen molar-refractivity contribution in [2.24, 2.45) is 0 Å². The summed E-state index contributed by atoms with van der Waals surface area (Å²) in [5.74, 6) is -0.180. The van der Waals surface area contributed by atoms with Crippen molar-refractivity contribution in [3.8, 4) is 0 Å². The van der Waals surface area contributed by atoms with Crippen LogP contribution in [0.25, 0.3) is 0 Å². The molecule has 0 N–H and O–H groups in total. The van der Waals surface area contributed by atoms with Crippen molar-refractivity contribution >= 4 is 40.6 Å². The highest BCUT2D eigenvalue weighted by Crippen LogP contribution is 2.21. The van der Waals surface area contributed by atoms with Gasteiger partial charge in [0.25, 0.3) is 0 Å². The van der Waals surface area contributed by atoms with Crippen LogP contribution in [0.2, 0.25) is 15.1 Å². The molecule has 2 rings (SSSR count). The van der Waals surface area contributed by atoms with Crippen LogP contribution in [0, 0.1) is 0 Å². The lowest BCUT2D eigenvalue weighted by atomic mass is 10.1. The number of Topliss-reactive ketones (excluding diaryl/α,β-unsaturated/α-hetero) is 1. The SMILES string of the molecule is O=C(COCc1ccc(Cl)cc1)c1ccc(Cl)cc1Cl. The number of carbonyl (C=O) groups is 1. The van der Waals surface area contributed by atoms with Crippen LogP contribution in [0.15, 0.2) is 42.5 Å². The van der Waals surface area contributed by atoms with Gasteiger partial charge in [-0.15, -0.1) is 0 Å². The monoisotopic (exact) mass is 328 g/mol. The van der Waals surface area contributed by atoms with Crippen LogP contribution < -0.4 is 0 Å². The van der Waals surface area contributed by atoms with E-state index in [1.165, 1.54) is 6.07 Å². The van der Waals surface area contributed by atoms with E-state index in [2.05, 4.69) is 0 Å². The van der Waals surface area contributed by atoms with E-state index >= 15 is 0 Å². The molecule has 0 aliphatic rings. The Kier molecular flexibility index (Phi) is 5.44. The van der Waals surface area contributed by atoms with Crippen LogP contribution in [-0.2, 0) is 11.3 Å². The van der Waals surface area contributed by atoms with Crippen molar-refractivity contribution in [2.45, 2.75) is 6.61 Å². The predicted molar refractivity (Wildman–Crippen MR) is 81.9 cm³/mol. The highest BCUT2D eigenvalue weighted by Gasteiger charge is 2.10. The molecule has 20 heavy (non-hydrogen) atoms. The number of halogens is 3. The first-order valence-electron chi connectivity index (χ1n) is 5.86. The summed E-state index contributed by atoms with van der Waals surface area (Å²) < 4.78 is 5.38. The van der Waals surface area contributed by atoms with Gasteiger partial charge in [-0.3, -0.25) is 4.79 Å². The molecule has 0 saturated carbocycles. The largest absolute Gasteiger partial charge is 0.369 e. The molecule has 0 spiro atoms. The van der Waals surface area contributed by atoms with Gasteiger partial charge >= 0.3 is 0 Å². The molecule has 0 aliphatic heterocycles. The van der Waals surface area contributed by atoms with E-state index in [1.54, 1.807) is 24.3 Å². The van der Waals surface area contributed by atoms with Crippen LogP contribution >= 0.6 is 34.8 Å². The Morgan fingerprint density at radius 1 is 0.950 bits per heavy atom. The summed E-state index contributed by atoms with van der Waals surface area (Å²) in [6, 6.07) is 12.0. The third-order valence-corrected chi connectivity index (χ3v) is 3.45. The maximum Gasteiger partial charge on any atom is 0.189 e. The average Bonchev–Trinajstić information content (AvgIpc) is 2.41. The normalized spacial score (nSPS) is 10.6. The molecule has 0 heterocycles. The topological polar surface area (TPSA) is 26.3 Å². The smallest absolute Gasteiger partial charge is 0.189 e. The first-order valence-corrected chi connectivity index (χ1v) is 7.00. The number of hydrogen-bond donors (Lipinski definition) is 0. The molecule has 0 amide bonds. The molecule has 0 bridgehead atoms. The van der Waals surface area contributed by atoms with Crippen LogP contribution in [0.3, 0.4) is 0 Å². The van der Waals surface area contributed by atoms with Gasteiger partial charge in [-0.1, -0.05) is 46.9 Å². The van der Waals surface area contributed by atoms with Gasteiger partial charge in [0, 0.05) is 15.6 Å². The summed E-state index contributed by atoms with van der Waals surface area (Å²) in [7, 11) is 0. The van der Waals surface area contributed by atoms with E-state index in [0.717, 1.165) is 5.56 Å². The van der Waals surface area contributed by atoms with E-state index in [1.807, 2.05) is 12.1 Å². The van der Waals surface area contributed by atoms with Crippen LogP contribution in [0.5, 0.6) is 0 Å². The number of benzene rings is 2. The summed E-state index contributed by atoms with van der Waals surface area (Å²) in [6.45, 7) is 0.304. The maximum absolute atomic E-state index is 11.9. The molecular weight excluding hydrogens is 319 g/mol. The van der Waals surface area contributed by atoms with Crippen molar-refractivity contribution < 1.29 is 9.53 Å². The van der Waals surface area contributed by atoms with Crippen molar-refractivity contribution in [1.82, 2.24) is 0 Å². The highest BCUT2D eigenvalue weighted by molar-refractivity contribution is 6.36. The lowest BCUT2D eigenvalue weighted by Gasteiger charge is -2.06. The maximum atomic E-state index is 11.9. The number of rotatable bonds is 5. The van der Waals surface area contributed by atoms with E-state index in [-0.39, 0.29) is 12.4 Å². The summed E-state index contributed by atoms with van der Waals surface area (Å²) in [4.78, 5) is 11.9. The van der Waals surface area contributed by atoms with Crippen LogP contribution in [-0.4, -0.2) is 12.4 Å². The summed E-state index contributed by atoms with van der Waals surface area (Å²) in [6.07, 6.45) is 0. The molecule has 2 nitrogen and oxygen atoms in total. The van der Waals surface area contributed by atoms with E-state index in [4.69, 9.17) is 39.5 Å². The second-order valence-corrected chi connectivity index (χ2v) is 5.45. The number of ether oxygens (including phenoxy) is 1. The Hall–Kier alpha value is -1.06. The van der Waals surface area contributed by atoms with Gasteiger partial charge in [-0.25, -0.2) is 0 Å². The lowest BCUT2D eigenvalue weighted by Crippen LogP contribution is -2.09. The molecule has 0 aliphatic carbocycles. The Balaban J connectivity index is 1.90. The minimum absolute atomic E-state index is 0.0377. The second kappa shape index (κ2) is 7.09. The third-order valence-electron chi connectivity index (χ3n) is 2.65. The predicted octanol–water partition coefficient (Wildman–Crippen LogP) is 5.05. The third kappa shape index (κ3) is 4.22. The van der Waals surface area contributed by atoms with Crippen molar-refractivity contribution in [3.63, 3.8) is 0 Å². The van der Waals surface area contributed by atoms with Gasteiger partial charge in [0.1, 0.15) is 6.61 Å². The van der Waals surface area contributed by atoms with E-state index in [9.17, 15) is 4.79 Å². The fraction of sp³-hybridized carbons (Fsp3) is 0.133.